The van der Waals surface area contributed by atoms with Crippen LogP contribution in [0.1, 0.15) is 52.8 Å². The molecule has 126 valence electrons. The molecule has 24 heavy (non-hydrogen) atoms. The molecule has 0 spiro atoms. The topological polar surface area (TPSA) is 88.9 Å². The van der Waals surface area contributed by atoms with Gasteiger partial charge in [0, 0.05) is 12.0 Å². The van der Waals surface area contributed by atoms with E-state index in [-0.39, 0.29) is 17.7 Å². The van der Waals surface area contributed by atoms with Crippen molar-refractivity contribution in [2.24, 2.45) is 5.92 Å². The van der Waals surface area contributed by atoms with Crippen LogP contribution in [0.5, 0.6) is 0 Å². The largest absolute Gasteiger partial charge is 0.344 e. The normalized spacial score (nSPS) is 16.9. The van der Waals surface area contributed by atoms with E-state index in [0.29, 0.717) is 17.5 Å². The first-order chi connectivity index (χ1) is 11.6. The van der Waals surface area contributed by atoms with Gasteiger partial charge in [-0.15, -0.1) is 21.5 Å². The van der Waals surface area contributed by atoms with Crippen LogP contribution in [0.3, 0.4) is 0 Å². The minimum absolute atomic E-state index is 0.0562. The number of carbonyl (C=O) groups excluding carboxylic acids is 2. The first-order valence-corrected chi connectivity index (χ1v) is 9.01. The van der Waals surface area contributed by atoms with E-state index in [1.54, 1.807) is 6.33 Å². The SMILES string of the molecule is Cc1cc(NC(=O)C2CC2)sc1C(=O)NCc1nncn1C1CC1. The van der Waals surface area contributed by atoms with Gasteiger partial charge in [0.25, 0.3) is 5.91 Å². The predicted molar refractivity (Wildman–Crippen MR) is 89.9 cm³/mol. The van der Waals surface area contributed by atoms with Crippen molar-refractivity contribution in [2.75, 3.05) is 5.32 Å². The molecular formula is C16H19N5O2S. The van der Waals surface area contributed by atoms with Crippen LogP contribution in [0, 0.1) is 12.8 Å². The summed E-state index contributed by atoms with van der Waals surface area (Å²) in [5.74, 6) is 0.844. The zero-order chi connectivity index (χ0) is 16.7. The van der Waals surface area contributed by atoms with Crippen LogP contribution in [0.4, 0.5) is 5.00 Å². The smallest absolute Gasteiger partial charge is 0.262 e. The third-order valence-corrected chi connectivity index (χ3v) is 5.46. The van der Waals surface area contributed by atoms with Crippen LogP contribution in [0.15, 0.2) is 12.4 Å². The highest BCUT2D eigenvalue weighted by Crippen LogP contribution is 2.35. The number of amides is 2. The number of nitrogens with zero attached hydrogens (tertiary/aromatic N) is 3. The lowest BCUT2D eigenvalue weighted by molar-refractivity contribution is -0.117. The van der Waals surface area contributed by atoms with Crippen molar-refractivity contribution in [2.45, 2.75) is 45.2 Å². The molecule has 2 aliphatic rings. The Morgan fingerprint density at radius 2 is 2.12 bits per heavy atom. The summed E-state index contributed by atoms with van der Waals surface area (Å²) >= 11 is 1.31. The molecule has 2 amide bonds. The molecule has 0 unspecified atom stereocenters. The standard InChI is InChI=1S/C16H19N5O2S/c1-9-6-13(19-15(22)10-2-3-10)24-14(9)16(23)17-7-12-20-18-8-21(12)11-4-5-11/h6,8,10-11H,2-5,7H2,1H3,(H,17,23)(H,19,22). The van der Waals surface area contributed by atoms with E-state index in [1.807, 2.05) is 17.6 Å². The van der Waals surface area contributed by atoms with Crippen molar-refractivity contribution in [3.63, 3.8) is 0 Å². The molecule has 0 aliphatic heterocycles. The number of hydrogen-bond acceptors (Lipinski definition) is 5. The molecule has 4 rings (SSSR count). The molecule has 2 fully saturated rings. The van der Waals surface area contributed by atoms with E-state index in [0.717, 1.165) is 42.1 Å². The van der Waals surface area contributed by atoms with Gasteiger partial charge in [-0.3, -0.25) is 9.59 Å². The van der Waals surface area contributed by atoms with E-state index in [2.05, 4.69) is 20.8 Å². The molecule has 0 saturated heterocycles. The molecule has 2 aromatic rings. The van der Waals surface area contributed by atoms with Gasteiger partial charge < -0.3 is 15.2 Å². The van der Waals surface area contributed by atoms with Crippen molar-refractivity contribution >= 4 is 28.2 Å². The number of aryl methyl sites for hydroxylation is 1. The minimum Gasteiger partial charge on any atom is -0.344 e. The molecule has 2 aromatic heterocycles. The fraction of sp³-hybridized carbons (Fsp3) is 0.500. The van der Waals surface area contributed by atoms with Crippen LogP contribution in [0.2, 0.25) is 0 Å². The summed E-state index contributed by atoms with van der Waals surface area (Å²) in [6.45, 7) is 2.24. The lowest BCUT2D eigenvalue weighted by Crippen LogP contribution is -2.24. The monoisotopic (exact) mass is 345 g/mol. The van der Waals surface area contributed by atoms with E-state index < -0.39 is 0 Å². The Balaban J connectivity index is 1.39. The third kappa shape index (κ3) is 3.19. The van der Waals surface area contributed by atoms with E-state index in [9.17, 15) is 9.59 Å². The fourth-order valence-corrected chi connectivity index (χ4v) is 3.62. The maximum absolute atomic E-state index is 12.4. The Morgan fingerprint density at radius 3 is 2.83 bits per heavy atom. The molecule has 2 heterocycles. The Morgan fingerprint density at radius 1 is 1.33 bits per heavy atom. The number of nitrogens with one attached hydrogen (secondary N) is 2. The highest BCUT2D eigenvalue weighted by Gasteiger charge is 2.30. The summed E-state index contributed by atoms with van der Waals surface area (Å²) in [5, 5.41) is 14.5. The molecule has 0 aromatic carbocycles. The van der Waals surface area contributed by atoms with Gasteiger partial charge in [-0.2, -0.15) is 0 Å². The average molecular weight is 345 g/mol. The molecule has 7 nitrogen and oxygen atoms in total. The van der Waals surface area contributed by atoms with Gasteiger partial charge >= 0.3 is 0 Å². The fourth-order valence-electron chi connectivity index (χ4n) is 2.63. The Kier molecular flexibility index (Phi) is 3.84. The summed E-state index contributed by atoms with van der Waals surface area (Å²) < 4.78 is 2.03. The van der Waals surface area contributed by atoms with Gasteiger partial charge in [-0.25, -0.2) is 0 Å². The highest BCUT2D eigenvalue weighted by molar-refractivity contribution is 7.18. The number of anilines is 1. The second-order valence-corrected chi connectivity index (χ2v) is 7.51. The van der Waals surface area contributed by atoms with E-state index in [1.165, 1.54) is 11.3 Å². The van der Waals surface area contributed by atoms with Crippen LogP contribution in [-0.4, -0.2) is 26.6 Å². The van der Waals surface area contributed by atoms with Crippen LogP contribution < -0.4 is 10.6 Å². The molecule has 0 atom stereocenters. The summed E-state index contributed by atoms with van der Waals surface area (Å²) in [6, 6.07) is 2.34. The van der Waals surface area contributed by atoms with Crippen LogP contribution in [0.25, 0.3) is 0 Å². The summed E-state index contributed by atoms with van der Waals surface area (Å²) in [5.41, 5.74) is 0.868. The van der Waals surface area contributed by atoms with Gasteiger partial charge in [-0.1, -0.05) is 0 Å². The predicted octanol–water partition coefficient (Wildman–Crippen LogP) is 2.26. The molecule has 2 aliphatic carbocycles. The Hall–Kier alpha value is -2.22. The van der Waals surface area contributed by atoms with Gasteiger partial charge in [0.15, 0.2) is 5.82 Å². The van der Waals surface area contributed by atoms with E-state index in [4.69, 9.17) is 0 Å². The summed E-state index contributed by atoms with van der Waals surface area (Å²) in [7, 11) is 0. The van der Waals surface area contributed by atoms with Gasteiger partial charge in [0.05, 0.1) is 16.4 Å². The average Bonchev–Trinajstić information content (AvgIpc) is 3.48. The lowest BCUT2D eigenvalue weighted by atomic mass is 10.2. The summed E-state index contributed by atoms with van der Waals surface area (Å²) in [4.78, 5) is 24.9. The number of carbonyl (C=O) groups is 2. The molecule has 2 N–H and O–H groups in total. The zero-order valence-electron chi connectivity index (χ0n) is 13.4. The maximum Gasteiger partial charge on any atom is 0.262 e. The number of thiophene rings is 1. The van der Waals surface area contributed by atoms with Crippen molar-refractivity contribution in [1.29, 1.82) is 0 Å². The number of rotatable bonds is 6. The first kappa shape index (κ1) is 15.3. The van der Waals surface area contributed by atoms with Gasteiger partial charge in [0.1, 0.15) is 6.33 Å². The Labute approximate surface area is 143 Å². The number of hydrogen-bond donors (Lipinski definition) is 2. The van der Waals surface area contributed by atoms with Crippen molar-refractivity contribution in [3.8, 4) is 0 Å². The molecular weight excluding hydrogens is 326 g/mol. The van der Waals surface area contributed by atoms with Crippen LogP contribution >= 0.6 is 11.3 Å². The first-order valence-electron chi connectivity index (χ1n) is 8.19. The van der Waals surface area contributed by atoms with Crippen molar-refractivity contribution in [3.05, 3.63) is 28.7 Å². The number of aromatic nitrogens is 3. The van der Waals surface area contributed by atoms with Gasteiger partial charge in [0.2, 0.25) is 5.91 Å². The molecule has 0 bridgehead atoms. The summed E-state index contributed by atoms with van der Waals surface area (Å²) in [6.07, 6.45) is 5.94. The molecule has 8 heteroatoms. The second-order valence-electron chi connectivity index (χ2n) is 6.45. The Bertz CT molecular complexity index is 788. The molecule has 0 radical (unpaired) electrons. The van der Waals surface area contributed by atoms with Crippen molar-refractivity contribution < 1.29 is 9.59 Å². The quantitative estimate of drug-likeness (QED) is 0.840. The third-order valence-electron chi connectivity index (χ3n) is 4.31. The van der Waals surface area contributed by atoms with Gasteiger partial charge in [-0.05, 0) is 44.2 Å². The molecule has 2 saturated carbocycles. The minimum atomic E-state index is -0.144. The second kappa shape index (κ2) is 6.01. The zero-order valence-corrected chi connectivity index (χ0v) is 14.2. The lowest BCUT2D eigenvalue weighted by Gasteiger charge is -2.06. The van der Waals surface area contributed by atoms with E-state index >= 15 is 0 Å². The van der Waals surface area contributed by atoms with Crippen molar-refractivity contribution in [1.82, 2.24) is 20.1 Å². The van der Waals surface area contributed by atoms with Crippen LogP contribution in [-0.2, 0) is 11.3 Å². The maximum atomic E-state index is 12.4. The highest BCUT2D eigenvalue weighted by atomic mass is 32.1.